The number of rotatable bonds is 2. The predicted molar refractivity (Wildman–Crippen MR) is 85.4 cm³/mol. The Bertz CT molecular complexity index is 613. The third-order valence-corrected chi connectivity index (χ3v) is 3.95. The third-order valence-electron chi connectivity index (χ3n) is 3.95. The Morgan fingerprint density at radius 3 is 2.50 bits per heavy atom. The van der Waals surface area contributed by atoms with Crippen molar-refractivity contribution in [3.63, 3.8) is 0 Å². The van der Waals surface area contributed by atoms with Crippen molar-refractivity contribution in [2.75, 3.05) is 0 Å². The van der Waals surface area contributed by atoms with Gasteiger partial charge in [-0.3, -0.25) is 4.57 Å². The molecule has 4 atom stereocenters. The van der Waals surface area contributed by atoms with E-state index in [1.165, 1.54) is 12.7 Å². The van der Waals surface area contributed by atoms with Crippen molar-refractivity contribution >= 4 is 11.2 Å². The van der Waals surface area contributed by atoms with Crippen LogP contribution in [0.2, 0.25) is 0 Å². The monoisotopic (exact) mass is 306 g/mol. The lowest BCUT2D eigenvalue weighted by Gasteiger charge is -2.16. The summed E-state index contributed by atoms with van der Waals surface area (Å²) in [6.45, 7) is 10.2. The van der Waals surface area contributed by atoms with E-state index < -0.39 is 12.3 Å². The van der Waals surface area contributed by atoms with Crippen molar-refractivity contribution in [3.8, 4) is 0 Å². The summed E-state index contributed by atoms with van der Waals surface area (Å²) in [6, 6.07) is 0. The first-order valence-corrected chi connectivity index (χ1v) is 8.02. The standard InChI is InChI=1S/C13H18N4O2.C3H8/c1-4-9-7(2)11(18)13(19-9)17-6-16-10-8(3)14-5-15-12(10)17;1-3-2/h5-7,9,11,13,18H,4H2,1-3H3;3H2,1-2H3/t7?,9-,11?,13-;/m1./s1. The van der Waals surface area contributed by atoms with Crippen LogP contribution in [-0.2, 0) is 4.74 Å². The van der Waals surface area contributed by atoms with Crippen molar-refractivity contribution in [1.82, 2.24) is 19.5 Å². The normalized spacial score (nSPS) is 27.7. The summed E-state index contributed by atoms with van der Waals surface area (Å²) < 4.78 is 7.75. The molecule has 122 valence electrons. The molecule has 1 aliphatic rings. The summed E-state index contributed by atoms with van der Waals surface area (Å²) in [4.78, 5) is 12.7. The highest BCUT2D eigenvalue weighted by molar-refractivity contribution is 5.72. The van der Waals surface area contributed by atoms with Crippen LogP contribution in [0.5, 0.6) is 0 Å². The average Bonchev–Trinajstić information content (AvgIpc) is 3.04. The van der Waals surface area contributed by atoms with Crippen LogP contribution in [0.3, 0.4) is 0 Å². The van der Waals surface area contributed by atoms with Crippen LogP contribution >= 0.6 is 0 Å². The van der Waals surface area contributed by atoms with Gasteiger partial charge < -0.3 is 9.84 Å². The second-order valence-corrected chi connectivity index (χ2v) is 5.81. The molecular formula is C16H26N4O2. The summed E-state index contributed by atoms with van der Waals surface area (Å²) >= 11 is 0. The SMILES string of the molecule is CCC.CC[C@H]1O[C@@H](n2cnc3c(C)ncnc32)C(O)C1C. The van der Waals surface area contributed by atoms with Crippen molar-refractivity contribution in [3.05, 3.63) is 18.3 Å². The fourth-order valence-electron chi connectivity index (χ4n) is 2.72. The molecular weight excluding hydrogens is 280 g/mol. The lowest BCUT2D eigenvalue weighted by atomic mass is 9.99. The Hall–Kier alpha value is -1.53. The quantitative estimate of drug-likeness (QED) is 0.923. The van der Waals surface area contributed by atoms with Gasteiger partial charge in [0.25, 0.3) is 0 Å². The van der Waals surface area contributed by atoms with Gasteiger partial charge in [-0.25, -0.2) is 15.0 Å². The molecule has 0 amide bonds. The molecule has 1 N–H and O–H groups in total. The van der Waals surface area contributed by atoms with Crippen LogP contribution in [0, 0.1) is 12.8 Å². The first kappa shape index (κ1) is 16.8. The van der Waals surface area contributed by atoms with Crippen LogP contribution in [-0.4, -0.2) is 36.8 Å². The highest BCUT2D eigenvalue weighted by Crippen LogP contribution is 2.36. The number of ether oxygens (including phenoxy) is 1. The number of imidazole rings is 1. The molecule has 2 aromatic heterocycles. The molecule has 0 radical (unpaired) electrons. The molecule has 0 spiro atoms. The van der Waals surface area contributed by atoms with Gasteiger partial charge in [0.05, 0.1) is 18.1 Å². The summed E-state index contributed by atoms with van der Waals surface area (Å²) in [6.07, 6.45) is 4.43. The van der Waals surface area contributed by atoms with Crippen LogP contribution < -0.4 is 0 Å². The van der Waals surface area contributed by atoms with Gasteiger partial charge in [0, 0.05) is 5.92 Å². The smallest absolute Gasteiger partial charge is 0.165 e. The molecule has 1 aliphatic heterocycles. The fraction of sp³-hybridized carbons (Fsp3) is 0.688. The molecule has 2 aromatic rings. The number of fused-ring (bicyclic) bond motifs is 1. The van der Waals surface area contributed by atoms with Crippen molar-refractivity contribution in [1.29, 1.82) is 0 Å². The lowest BCUT2D eigenvalue weighted by Crippen LogP contribution is -2.24. The van der Waals surface area contributed by atoms with Gasteiger partial charge in [-0.1, -0.05) is 34.1 Å². The summed E-state index contributed by atoms with van der Waals surface area (Å²) in [5.74, 6) is 0.107. The minimum Gasteiger partial charge on any atom is -0.388 e. The van der Waals surface area contributed by atoms with E-state index >= 15 is 0 Å². The van der Waals surface area contributed by atoms with E-state index in [-0.39, 0.29) is 12.0 Å². The Morgan fingerprint density at radius 1 is 1.23 bits per heavy atom. The number of hydrogen-bond donors (Lipinski definition) is 1. The number of aromatic nitrogens is 4. The van der Waals surface area contributed by atoms with Crippen molar-refractivity contribution in [2.45, 2.75) is 65.9 Å². The molecule has 6 nitrogen and oxygen atoms in total. The van der Waals surface area contributed by atoms with Gasteiger partial charge in [-0.05, 0) is 13.3 Å². The van der Waals surface area contributed by atoms with Crippen LogP contribution in [0.1, 0.15) is 52.5 Å². The van der Waals surface area contributed by atoms with Gasteiger partial charge >= 0.3 is 0 Å². The molecule has 1 fully saturated rings. The number of aryl methyl sites for hydroxylation is 1. The zero-order valence-electron chi connectivity index (χ0n) is 14.0. The molecule has 1 saturated heterocycles. The minimum absolute atomic E-state index is 0.0698. The summed E-state index contributed by atoms with van der Waals surface area (Å²) in [5, 5.41) is 10.3. The summed E-state index contributed by atoms with van der Waals surface area (Å²) in [7, 11) is 0. The lowest BCUT2D eigenvalue weighted by molar-refractivity contribution is -0.0355. The maximum absolute atomic E-state index is 10.3. The Balaban J connectivity index is 0.000000545. The van der Waals surface area contributed by atoms with Crippen molar-refractivity contribution < 1.29 is 9.84 Å². The second-order valence-electron chi connectivity index (χ2n) is 5.81. The zero-order chi connectivity index (χ0) is 16.3. The predicted octanol–water partition coefficient (Wildman–Crippen LogP) is 2.86. The molecule has 6 heteroatoms. The van der Waals surface area contributed by atoms with Crippen molar-refractivity contribution in [2.24, 2.45) is 5.92 Å². The number of hydrogen-bond acceptors (Lipinski definition) is 5. The molecule has 2 unspecified atom stereocenters. The largest absolute Gasteiger partial charge is 0.388 e. The maximum atomic E-state index is 10.3. The number of nitrogens with zero attached hydrogens (tertiary/aromatic N) is 4. The van der Waals surface area contributed by atoms with E-state index in [4.69, 9.17) is 4.74 Å². The van der Waals surface area contributed by atoms with Gasteiger partial charge in [0.2, 0.25) is 0 Å². The van der Waals surface area contributed by atoms with Crippen LogP contribution in [0.25, 0.3) is 11.2 Å². The molecule has 0 bridgehead atoms. The topological polar surface area (TPSA) is 73.1 Å². The highest BCUT2D eigenvalue weighted by Gasteiger charge is 2.41. The molecule has 22 heavy (non-hydrogen) atoms. The first-order valence-electron chi connectivity index (χ1n) is 8.02. The second kappa shape index (κ2) is 7.15. The molecule has 3 heterocycles. The molecule has 0 aromatic carbocycles. The average molecular weight is 306 g/mol. The van der Waals surface area contributed by atoms with E-state index in [2.05, 4.69) is 35.7 Å². The highest BCUT2D eigenvalue weighted by atomic mass is 16.5. The number of aliphatic hydroxyl groups excluding tert-OH is 1. The van der Waals surface area contributed by atoms with Gasteiger partial charge in [-0.15, -0.1) is 0 Å². The Morgan fingerprint density at radius 2 is 1.91 bits per heavy atom. The van der Waals surface area contributed by atoms with Crippen LogP contribution in [0.15, 0.2) is 12.7 Å². The van der Waals surface area contributed by atoms with E-state index in [1.807, 2.05) is 13.8 Å². The molecule has 3 rings (SSSR count). The Kier molecular flexibility index (Phi) is 5.47. The summed E-state index contributed by atoms with van der Waals surface area (Å²) in [5.41, 5.74) is 2.29. The van der Waals surface area contributed by atoms with E-state index in [0.29, 0.717) is 5.65 Å². The van der Waals surface area contributed by atoms with E-state index in [1.54, 1.807) is 10.9 Å². The maximum Gasteiger partial charge on any atom is 0.165 e. The third kappa shape index (κ3) is 2.98. The van der Waals surface area contributed by atoms with Crippen LogP contribution in [0.4, 0.5) is 0 Å². The zero-order valence-corrected chi connectivity index (χ0v) is 14.0. The van der Waals surface area contributed by atoms with E-state index in [9.17, 15) is 5.11 Å². The van der Waals surface area contributed by atoms with Gasteiger partial charge in [0.15, 0.2) is 11.9 Å². The molecule has 0 saturated carbocycles. The van der Waals surface area contributed by atoms with Gasteiger partial charge in [0.1, 0.15) is 17.9 Å². The molecule has 0 aliphatic carbocycles. The van der Waals surface area contributed by atoms with Gasteiger partial charge in [-0.2, -0.15) is 0 Å². The number of aliphatic hydroxyl groups is 1. The fourth-order valence-corrected chi connectivity index (χ4v) is 2.72. The van der Waals surface area contributed by atoms with E-state index in [0.717, 1.165) is 17.6 Å². The minimum atomic E-state index is -0.544. The first-order chi connectivity index (χ1) is 10.5. The Labute approximate surface area is 131 Å².